The van der Waals surface area contributed by atoms with Crippen LogP contribution in [0.2, 0.25) is 0 Å². The molecule has 0 aromatic heterocycles. The van der Waals surface area contributed by atoms with Crippen molar-refractivity contribution in [2.75, 3.05) is 14.2 Å². The topological polar surface area (TPSA) is 52.6 Å². The fourth-order valence-corrected chi connectivity index (χ4v) is 4.32. The molecule has 2 aliphatic carbocycles. The molecule has 4 nitrogen and oxygen atoms in total. The average Bonchev–Trinajstić information content (AvgIpc) is 3.10. The van der Waals surface area contributed by atoms with Crippen molar-refractivity contribution in [3.63, 3.8) is 0 Å². The first-order valence-corrected chi connectivity index (χ1v) is 7.34. The molecule has 0 N–H and O–H groups in total. The number of esters is 2. The van der Waals surface area contributed by atoms with Crippen LogP contribution < -0.4 is 0 Å². The Morgan fingerprint density at radius 2 is 1.24 bits per heavy atom. The highest BCUT2D eigenvalue weighted by Crippen LogP contribution is 2.56. The molecule has 0 amide bonds. The van der Waals surface area contributed by atoms with E-state index in [1.54, 1.807) is 0 Å². The Labute approximate surface area is 124 Å². The third-order valence-corrected chi connectivity index (χ3v) is 5.13. The number of rotatable bonds is 2. The normalized spacial score (nSPS) is 22.1. The van der Waals surface area contributed by atoms with Crippen molar-refractivity contribution in [3.05, 3.63) is 33.4 Å². The molecule has 1 fully saturated rings. The summed E-state index contributed by atoms with van der Waals surface area (Å²) in [6.45, 7) is 3.86. The minimum atomic E-state index is -0.457. The van der Waals surface area contributed by atoms with E-state index in [-0.39, 0.29) is 0 Å². The van der Waals surface area contributed by atoms with Crippen LogP contribution in [-0.4, -0.2) is 26.2 Å². The Hall–Kier alpha value is -1.84. The quantitative estimate of drug-likeness (QED) is 0.784. The highest BCUT2D eigenvalue weighted by Gasteiger charge is 2.42. The molecule has 1 aromatic rings. The first-order chi connectivity index (χ1) is 10.0. The standard InChI is InChI=1S/C17H20O4/c1-8-12-10-5-6-11(7-10)13(12)9(2)15(17(19)21-4)14(8)16(18)20-3/h10-11H,5-7H2,1-4H3/t10-,11-/m0/s1. The van der Waals surface area contributed by atoms with Gasteiger partial charge in [-0.3, -0.25) is 0 Å². The molecule has 2 atom stereocenters. The van der Waals surface area contributed by atoms with E-state index in [1.165, 1.54) is 38.2 Å². The molecule has 112 valence electrons. The number of fused-ring (bicyclic) bond motifs is 5. The molecular weight excluding hydrogens is 268 g/mol. The van der Waals surface area contributed by atoms with E-state index in [1.807, 2.05) is 13.8 Å². The van der Waals surface area contributed by atoms with Crippen molar-refractivity contribution >= 4 is 11.9 Å². The van der Waals surface area contributed by atoms with Gasteiger partial charge in [-0.05, 0) is 67.2 Å². The van der Waals surface area contributed by atoms with Gasteiger partial charge in [-0.1, -0.05) is 0 Å². The van der Waals surface area contributed by atoms with Crippen LogP contribution in [0, 0.1) is 13.8 Å². The third-order valence-electron chi connectivity index (χ3n) is 5.13. The molecule has 0 heterocycles. The SMILES string of the molecule is COC(=O)c1c(C)c2c(c(C)c1C(=O)OC)[C@H]1CC[C@H]2C1. The van der Waals surface area contributed by atoms with E-state index in [9.17, 15) is 9.59 Å². The first kappa shape index (κ1) is 14.1. The molecule has 2 bridgehead atoms. The van der Waals surface area contributed by atoms with E-state index >= 15 is 0 Å². The summed E-state index contributed by atoms with van der Waals surface area (Å²) in [6.07, 6.45) is 3.49. The van der Waals surface area contributed by atoms with E-state index in [0.29, 0.717) is 23.0 Å². The largest absolute Gasteiger partial charge is 0.465 e. The maximum absolute atomic E-state index is 12.2. The number of hydrogen-bond donors (Lipinski definition) is 0. The summed E-state index contributed by atoms with van der Waals surface area (Å²) in [5.74, 6) is 0.140. The van der Waals surface area contributed by atoms with Crippen molar-refractivity contribution in [3.8, 4) is 0 Å². The van der Waals surface area contributed by atoms with E-state index < -0.39 is 11.9 Å². The number of benzene rings is 1. The predicted molar refractivity (Wildman–Crippen MR) is 77.9 cm³/mol. The van der Waals surface area contributed by atoms with Crippen molar-refractivity contribution in [1.82, 2.24) is 0 Å². The van der Waals surface area contributed by atoms with Crippen LogP contribution >= 0.6 is 0 Å². The van der Waals surface area contributed by atoms with Crippen molar-refractivity contribution in [2.45, 2.75) is 44.9 Å². The maximum atomic E-state index is 12.2. The lowest BCUT2D eigenvalue weighted by Gasteiger charge is -2.24. The van der Waals surface area contributed by atoms with Gasteiger partial charge < -0.3 is 9.47 Å². The fourth-order valence-electron chi connectivity index (χ4n) is 4.32. The van der Waals surface area contributed by atoms with E-state index in [0.717, 1.165) is 17.5 Å². The van der Waals surface area contributed by atoms with Crippen LogP contribution in [0.25, 0.3) is 0 Å². The fraction of sp³-hybridized carbons (Fsp3) is 0.529. The van der Waals surface area contributed by atoms with Gasteiger partial charge >= 0.3 is 11.9 Å². The van der Waals surface area contributed by atoms with Gasteiger partial charge in [-0.15, -0.1) is 0 Å². The number of hydrogen-bond acceptors (Lipinski definition) is 4. The molecule has 0 aliphatic heterocycles. The zero-order valence-corrected chi connectivity index (χ0v) is 12.9. The van der Waals surface area contributed by atoms with Gasteiger partial charge in [0.15, 0.2) is 0 Å². The Balaban J connectivity index is 2.34. The summed E-state index contributed by atoms with van der Waals surface area (Å²) < 4.78 is 9.80. The lowest BCUT2D eigenvalue weighted by Crippen LogP contribution is -2.19. The summed E-state index contributed by atoms with van der Waals surface area (Å²) in [6, 6.07) is 0. The van der Waals surface area contributed by atoms with Crippen LogP contribution in [0.1, 0.15) is 74.1 Å². The Kier molecular flexibility index (Phi) is 3.27. The van der Waals surface area contributed by atoms with Gasteiger partial charge in [0.25, 0.3) is 0 Å². The molecule has 0 radical (unpaired) electrons. The van der Waals surface area contributed by atoms with Crippen LogP contribution in [0.5, 0.6) is 0 Å². The van der Waals surface area contributed by atoms with Crippen molar-refractivity contribution in [1.29, 1.82) is 0 Å². The minimum absolute atomic E-state index is 0.383. The summed E-state index contributed by atoms with van der Waals surface area (Å²) in [5.41, 5.74) is 5.11. The monoisotopic (exact) mass is 288 g/mol. The molecule has 0 spiro atoms. The molecule has 0 unspecified atom stereocenters. The molecular formula is C17H20O4. The van der Waals surface area contributed by atoms with Crippen LogP contribution in [0.3, 0.4) is 0 Å². The van der Waals surface area contributed by atoms with Gasteiger partial charge in [-0.25, -0.2) is 9.59 Å². The number of carbonyl (C=O) groups excluding carboxylic acids is 2. The molecule has 0 saturated heterocycles. The number of methoxy groups -OCH3 is 2. The number of carbonyl (C=O) groups is 2. The maximum Gasteiger partial charge on any atom is 0.339 e. The van der Waals surface area contributed by atoms with Gasteiger partial charge in [-0.2, -0.15) is 0 Å². The smallest absolute Gasteiger partial charge is 0.339 e. The highest BCUT2D eigenvalue weighted by molar-refractivity contribution is 6.06. The van der Waals surface area contributed by atoms with Gasteiger partial charge in [0.2, 0.25) is 0 Å². The molecule has 1 saturated carbocycles. The average molecular weight is 288 g/mol. The summed E-state index contributed by atoms with van der Waals surface area (Å²) in [5, 5.41) is 0. The van der Waals surface area contributed by atoms with Crippen molar-refractivity contribution < 1.29 is 19.1 Å². The summed E-state index contributed by atoms with van der Waals surface area (Å²) in [7, 11) is 2.69. The van der Waals surface area contributed by atoms with Gasteiger partial charge in [0.1, 0.15) is 0 Å². The zero-order chi connectivity index (χ0) is 15.3. The predicted octanol–water partition coefficient (Wildman–Crippen LogP) is 3.24. The van der Waals surface area contributed by atoms with Gasteiger partial charge in [0.05, 0.1) is 25.3 Å². The minimum Gasteiger partial charge on any atom is -0.465 e. The highest BCUT2D eigenvalue weighted by atomic mass is 16.5. The second kappa shape index (κ2) is 4.86. The molecule has 2 aliphatic rings. The summed E-state index contributed by atoms with van der Waals surface area (Å²) in [4.78, 5) is 24.4. The second-order valence-electron chi connectivity index (χ2n) is 6.02. The van der Waals surface area contributed by atoms with Gasteiger partial charge in [0, 0.05) is 0 Å². The molecule has 21 heavy (non-hydrogen) atoms. The lowest BCUT2D eigenvalue weighted by atomic mass is 9.80. The van der Waals surface area contributed by atoms with Crippen LogP contribution in [0.15, 0.2) is 0 Å². The zero-order valence-electron chi connectivity index (χ0n) is 12.9. The summed E-state index contributed by atoms with van der Waals surface area (Å²) >= 11 is 0. The third kappa shape index (κ3) is 1.81. The Morgan fingerprint density at radius 1 is 0.857 bits per heavy atom. The number of ether oxygens (including phenoxy) is 2. The van der Waals surface area contributed by atoms with Crippen LogP contribution in [-0.2, 0) is 9.47 Å². The molecule has 1 aromatic carbocycles. The lowest BCUT2D eigenvalue weighted by molar-refractivity contribution is 0.0553. The van der Waals surface area contributed by atoms with E-state index in [2.05, 4.69) is 0 Å². The Bertz CT molecular complexity index is 590. The Morgan fingerprint density at radius 3 is 1.57 bits per heavy atom. The van der Waals surface area contributed by atoms with E-state index in [4.69, 9.17) is 9.47 Å². The second-order valence-corrected chi connectivity index (χ2v) is 6.02. The van der Waals surface area contributed by atoms with Crippen LogP contribution in [0.4, 0.5) is 0 Å². The van der Waals surface area contributed by atoms with Crippen molar-refractivity contribution in [2.24, 2.45) is 0 Å². The molecule has 4 heteroatoms. The molecule has 3 rings (SSSR count). The first-order valence-electron chi connectivity index (χ1n) is 7.34.